The van der Waals surface area contributed by atoms with Gasteiger partial charge in [0.05, 0.1) is 0 Å². The second kappa shape index (κ2) is 5.68. The predicted molar refractivity (Wildman–Crippen MR) is 75.9 cm³/mol. The summed E-state index contributed by atoms with van der Waals surface area (Å²) in [6.07, 6.45) is 1.38. The minimum atomic E-state index is -3.83. The number of hydrogen-bond donors (Lipinski definition) is 1. The zero-order valence-electron chi connectivity index (χ0n) is 11.9. The van der Waals surface area contributed by atoms with Gasteiger partial charge in [0.2, 0.25) is 10.0 Å². The van der Waals surface area contributed by atoms with Gasteiger partial charge in [-0.2, -0.15) is 5.26 Å². The summed E-state index contributed by atoms with van der Waals surface area (Å²) in [6, 6.07) is 5.93. The molecule has 0 aromatic carbocycles. The molecule has 110 valence electrons. The highest BCUT2D eigenvalue weighted by Crippen LogP contribution is 2.23. The summed E-state index contributed by atoms with van der Waals surface area (Å²) in [5, 5.41) is 8.96. The number of aromatic nitrogens is 1. The number of nitrogens with one attached hydrogen (secondary N) is 1. The van der Waals surface area contributed by atoms with Crippen LogP contribution in [0.5, 0.6) is 0 Å². The number of sulfonamides is 1. The molecule has 0 spiro atoms. The van der Waals surface area contributed by atoms with E-state index in [0.717, 1.165) is 5.56 Å². The average Bonchev–Trinajstić information content (AvgIpc) is 2.77. The molecule has 0 aliphatic rings. The van der Waals surface area contributed by atoms with Gasteiger partial charge in [-0.25, -0.2) is 18.1 Å². The molecule has 0 saturated carbocycles. The van der Waals surface area contributed by atoms with Gasteiger partial charge >= 0.3 is 0 Å². The van der Waals surface area contributed by atoms with Gasteiger partial charge in [-0.3, -0.25) is 0 Å². The minimum absolute atomic E-state index is 0.128. The molecule has 1 N–H and O–H groups in total. The number of nitrogens with zero attached hydrogens (tertiary/aromatic N) is 2. The van der Waals surface area contributed by atoms with Crippen molar-refractivity contribution < 1.29 is 12.8 Å². The summed E-state index contributed by atoms with van der Waals surface area (Å²) in [5.41, 5.74) is 0.635. The Morgan fingerprint density at radius 3 is 2.71 bits per heavy atom. The Morgan fingerprint density at radius 1 is 1.43 bits per heavy atom. The molecular weight excluding hydrogens is 290 g/mol. The van der Waals surface area contributed by atoms with E-state index in [-0.39, 0.29) is 10.6 Å². The van der Waals surface area contributed by atoms with Crippen molar-refractivity contribution in [3.63, 3.8) is 0 Å². The first-order valence-electron chi connectivity index (χ1n) is 6.29. The smallest absolute Gasteiger partial charge is 0.244 e. The van der Waals surface area contributed by atoms with Crippen molar-refractivity contribution in [3.05, 3.63) is 47.2 Å². The molecule has 21 heavy (non-hydrogen) atoms. The lowest BCUT2D eigenvalue weighted by Gasteiger charge is -2.14. The Balaban J connectivity index is 2.34. The molecule has 2 aromatic heterocycles. The van der Waals surface area contributed by atoms with Crippen molar-refractivity contribution >= 4 is 10.0 Å². The second-order valence-electron chi connectivity index (χ2n) is 4.67. The van der Waals surface area contributed by atoms with Gasteiger partial charge in [-0.15, -0.1) is 0 Å². The summed E-state index contributed by atoms with van der Waals surface area (Å²) in [5.74, 6) is 1.38. The maximum Gasteiger partial charge on any atom is 0.244 e. The van der Waals surface area contributed by atoms with Gasteiger partial charge in [0.25, 0.3) is 0 Å². The molecule has 0 aliphatic carbocycles. The van der Waals surface area contributed by atoms with E-state index in [2.05, 4.69) is 9.71 Å². The van der Waals surface area contributed by atoms with Crippen LogP contribution >= 0.6 is 0 Å². The highest BCUT2D eigenvalue weighted by atomic mass is 32.2. The molecule has 0 amide bonds. The van der Waals surface area contributed by atoms with E-state index in [0.29, 0.717) is 11.5 Å². The summed E-state index contributed by atoms with van der Waals surface area (Å²) in [7, 11) is -3.83. The number of pyridine rings is 1. The normalized spacial score (nSPS) is 12.9. The topological polar surface area (TPSA) is 96.0 Å². The second-order valence-corrected chi connectivity index (χ2v) is 6.36. The van der Waals surface area contributed by atoms with Crippen molar-refractivity contribution in [2.75, 3.05) is 0 Å². The third-order valence-corrected chi connectivity index (χ3v) is 4.62. The molecule has 2 rings (SSSR count). The Hall–Kier alpha value is -2.17. The molecule has 6 nitrogen and oxygen atoms in total. The molecule has 0 saturated heterocycles. The van der Waals surface area contributed by atoms with Crippen LogP contribution in [0, 0.1) is 25.2 Å². The van der Waals surface area contributed by atoms with Crippen LogP contribution < -0.4 is 4.72 Å². The molecule has 0 bridgehead atoms. The van der Waals surface area contributed by atoms with Crippen LogP contribution in [0.2, 0.25) is 0 Å². The number of furan rings is 1. The lowest BCUT2D eigenvalue weighted by molar-refractivity contribution is 0.496. The largest absolute Gasteiger partial charge is 0.466 e. The monoisotopic (exact) mass is 305 g/mol. The summed E-state index contributed by atoms with van der Waals surface area (Å²) in [6.45, 7) is 5.29. The van der Waals surface area contributed by atoms with Crippen molar-refractivity contribution in [3.8, 4) is 6.07 Å². The van der Waals surface area contributed by atoms with E-state index in [1.807, 2.05) is 0 Å². The number of nitriles is 1. The molecular formula is C14H15N3O3S. The van der Waals surface area contributed by atoms with Gasteiger partial charge in [0.15, 0.2) is 5.69 Å². The quantitative estimate of drug-likeness (QED) is 0.934. The first-order chi connectivity index (χ1) is 9.85. The molecule has 0 radical (unpaired) electrons. The Bertz CT molecular complexity index is 803. The van der Waals surface area contributed by atoms with Gasteiger partial charge < -0.3 is 4.42 Å². The van der Waals surface area contributed by atoms with E-state index < -0.39 is 16.1 Å². The minimum Gasteiger partial charge on any atom is -0.466 e. The Labute approximate surface area is 123 Å². The zero-order valence-corrected chi connectivity index (χ0v) is 12.7. The van der Waals surface area contributed by atoms with Gasteiger partial charge in [-0.05, 0) is 39.0 Å². The molecule has 0 fully saturated rings. The van der Waals surface area contributed by atoms with E-state index in [1.54, 1.807) is 32.9 Å². The van der Waals surface area contributed by atoms with Crippen LogP contribution in [0.25, 0.3) is 0 Å². The van der Waals surface area contributed by atoms with Crippen LogP contribution in [-0.4, -0.2) is 13.4 Å². The lowest BCUT2D eigenvalue weighted by atomic mass is 10.1. The average molecular weight is 305 g/mol. The first kappa shape index (κ1) is 15.2. The third-order valence-electron chi connectivity index (χ3n) is 3.04. The van der Waals surface area contributed by atoms with Crippen LogP contribution in [-0.2, 0) is 10.0 Å². The standard InChI is InChI=1S/C14H15N3O3S/c1-9-7-12(11(3)20-9)10(2)17-21(18,19)14-5-4-6-16-13(14)8-15/h4-7,10,17H,1-3H3. The van der Waals surface area contributed by atoms with Crippen molar-refractivity contribution in [2.24, 2.45) is 0 Å². The van der Waals surface area contributed by atoms with Crippen LogP contribution in [0.4, 0.5) is 0 Å². The Morgan fingerprint density at radius 2 is 2.14 bits per heavy atom. The van der Waals surface area contributed by atoms with Gasteiger partial charge in [0, 0.05) is 17.8 Å². The summed E-state index contributed by atoms with van der Waals surface area (Å²) in [4.78, 5) is 3.64. The number of aryl methyl sites for hydroxylation is 2. The van der Waals surface area contributed by atoms with Gasteiger partial charge in [-0.1, -0.05) is 0 Å². The molecule has 2 heterocycles. The Kier molecular flexibility index (Phi) is 4.11. The number of rotatable bonds is 4. The zero-order chi connectivity index (χ0) is 15.6. The SMILES string of the molecule is Cc1cc(C(C)NS(=O)(=O)c2cccnc2C#N)c(C)o1. The third kappa shape index (κ3) is 3.12. The fraction of sp³-hybridized carbons (Fsp3) is 0.286. The van der Waals surface area contributed by atoms with Crippen LogP contribution in [0.15, 0.2) is 33.7 Å². The molecule has 1 unspecified atom stereocenters. The summed E-state index contributed by atoms with van der Waals surface area (Å²) >= 11 is 0. The molecule has 7 heteroatoms. The predicted octanol–water partition coefficient (Wildman–Crippen LogP) is 2.20. The fourth-order valence-electron chi connectivity index (χ4n) is 2.13. The van der Waals surface area contributed by atoms with E-state index in [4.69, 9.17) is 9.68 Å². The first-order valence-corrected chi connectivity index (χ1v) is 7.78. The maximum atomic E-state index is 12.4. The van der Waals surface area contributed by atoms with Crippen LogP contribution in [0.1, 0.15) is 35.7 Å². The van der Waals surface area contributed by atoms with Crippen molar-refractivity contribution in [2.45, 2.75) is 31.7 Å². The number of hydrogen-bond acceptors (Lipinski definition) is 5. The van der Waals surface area contributed by atoms with Crippen LogP contribution in [0.3, 0.4) is 0 Å². The highest BCUT2D eigenvalue weighted by molar-refractivity contribution is 7.89. The maximum absolute atomic E-state index is 12.4. The summed E-state index contributed by atoms with van der Waals surface area (Å²) < 4.78 is 32.7. The fourth-order valence-corrected chi connectivity index (χ4v) is 3.46. The molecule has 2 aromatic rings. The van der Waals surface area contributed by atoms with Crippen molar-refractivity contribution in [1.82, 2.24) is 9.71 Å². The van der Waals surface area contributed by atoms with E-state index in [1.165, 1.54) is 18.3 Å². The van der Waals surface area contributed by atoms with E-state index in [9.17, 15) is 8.42 Å². The molecule has 1 atom stereocenters. The van der Waals surface area contributed by atoms with Gasteiger partial charge in [0.1, 0.15) is 22.5 Å². The lowest BCUT2D eigenvalue weighted by Crippen LogP contribution is -2.27. The van der Waals surface area contributed by atoms with E-state index >= 15 is 0 Å². The highest BCUT2D eigenvalue weighted by Gasteiger charge is 2.24. The molecule has 0 aliphatic heterocycles. The van der Waals surface area contributed by atoms with Crippen molar-refractivity contribution in [1.29, 1.82) is 5.26 Å².